The van der Waals surface area contributed by atoms with Gasteiger partial charge < -0.3 is 14.7 Å². The van der Waals surface area contributed by atoms with Crippen LogP contribution in [0.3, 0.4) is 0 Å². The Morgan fingerprint density at radius 1 is 0.970 bits per heavy atom. The Morgan fingerprint density at radius 3 is 2.36 bits per heavy atom. The molecule has 3 aliphatic rings. The number of phenolic OH excluding ortho intramolecular Hbond substituents is 1. The van der Waals surface area contributed by atoms with Crippen LogP contribution in [0.25, 0.3) is 0 Å². The summed E-state index contributed by atoms with van der Waals surface area (Å²) in [5.41, 5.74) is 2.46. The van der Waals surface area contributed by atoms with Crippen molar-refractivity contribution in [2.24, 2.45) is 11.3 Å². The second-order valence-corrected chi connectivity index (χ2v) is 9.98. The molecule has 176 valence electrons. The van der Waals surface area contributed by atoms with Gasteiger partial charge in [0.1, 0.15) is 11.5 Å². The van der Waals surface area contributed by atoms with Crippen molar-refractivity contribution < 1.29 is 14.6 Å². The third-order valence-corrected chi connectivity index (χ3v) is 7.95. The van der Waals surface area contributed by atoms with Gasteiger partial charge in [0.2, 0.25) is 5.91 Å². The van der Waals surface area contributed by atoms with E-state index in [0.29, 0.717) is 11.7 Å². The summed E-state index contributed by atoms with van der Waals surface area (Å²) in [4.78, 5) is 20.2. The highest BCUT2D eigenvalue weighted by atomic mass is 16.5. The maximum atomic E-state index is 13.2. The normalized spacial score (nSPS) is 22.9. The summed E-state index contributed by atoms with van der Waals surface area (Å²) in [6.45, 7) is 7.25. The first-order valence-corrected chi connectivity index (χ1v) is 12.2. The molecule has 1 amide bonds. The van der Waals surface area contributed by atoms with E-state index in [1.807, 2.05) is 6.07 Å². The fourth-order valence-corrected chi connectivity index (χ4v) is 5.65. The molecule has 1 atom stereocenters. The number of hydrogen-bond acceptors (Lipinski definition) is 5. The Bertz CT molecular complexity index is 964. The molecule has 0 radical (unpaired) electrons. The number of phenols is 1. The van der Waals surface area contributed by atoms with Gasteiger partial charge in [-0.3, -0.25) is 14.6 Å². The molecule has 0 aromatic heterocycles. The lowest BCUT2D eigenvalue weighted by molar-refractivity contribution is -0.135. The summed E-state index contributed by atoms with van der Waals surface area (Å²) >= 11 is 0. The van der Waals surface area contributed by atoms with Crippen LogP contribution >= 0.6 is 0 Å². The molecule has 2 aromatic rings. The summed E-state index contributed by atoms with van der Waals surface area (Å²) in [6, 6.07) is 16.0. The fourth-order valence-electron chi connectivity index (χ4n) is 5.65. The predicted octanol–water partition coefficient (Wildman–Crippen LogP) is 3.35. The molecule has 2 saturated heterocycles. The van der Waals surface area contributed by atoms with Crippen molar-refractivity contribution in [3.05, 3.63) is 59.7 Å². The van der Waals surface area contributed by atoms with Gasteiger partial charge in [0.15, 0.2) is 0 Å². The number of carbonyl (C=O) groups is 1. The number of likely N-dealkylation sites (tertiary alicyclic amines) is 1. The Kier molecular flexibility index (Phi) is 6.30. The quantitative estimate of drug-likeness (QED) is 0.733. The Balaban J connectivity index is 1.09. The van der Waals surface area contributed by atoms with E-state index in [9.17, 15) is 9.90 Å². The van der Waals surface area contributed by atoms with Crippen molar-refractivity contribution in [1.82, 2.24) is 14.7 Å². The number of nitrogens with zero attached hydrogens (tertiary/aromatic N) is 3. The lowest BCUT2D eigenvalue weighted by Gasteiger charge is -2.36. The molecule has 2 aromatic carbocycles. The molecule has 6 nitrogen and oxygen atoms in total. The van der Waals surface area contributed by atoms with E-state index < -0.39 is 0 Å². The molecule has 6 heteroatoms. The van der Waals surface area contributed by atoms with E-state index in [2.05, 4.69) is 45.0 Å². The van der Waals surface area contributed by atoms with Gasteiger partial charge in [-0.25, -0.2) is 0 Å². The number of benzene rings is 2. The van der Waals surface area contributed by atoms with Gasteiger partial charge in [0, 0.05) is 50.7 Å². The lowest BCUT2D eigenvalue weighted by atomic mass is 9.90. The van der Waals surface area contributed by atoms with Gasteiger partial charge in [-0.15, -0.1) is 0 Å². The van der Waals surface area contributed by atoms with Gasteiger partial charge in [0.25, 0.3) is 0 Å². The highest BCUT2D eigenvalue weighted by Gasteiger charge is 2.59. The van der Waals surface area contributed by atoms with Gasteiger partial charge in [-0.05, 0) is 61.5 Å². The van der Waals surface area contributed by atoms with Gasteiger partial charge in [-0.1, -0.05) is 30.3 Å². The summed E-state index contributed by atoms with van der Waals surface area (Å²) in [7, 11) is 1.65. The van der Waals surface area contributed by atoms with Crippen molar-refractivity contribution in [1.29, 1.82) is 0 Å². The third-order valence-electron chi connectivity index (χ3n) is 7.95. The fraction of sp³-hybridized carbons (Fsp3) is 0.519. The van der Waals surface area contributed by atoms with Crippen LogP contribution in [0.5, 0.6) is 11.5 Å². The van der Waals surface area contributed by atoms with E-state index >= 15 is 0 Å². The smallest absolute Gasteiger partial charge is 0.226 e. The number of hydrogen-bond donors (Lipinski definition) is 1. The molecular formula is C27H35N3O3. The van der Waals surface area contributed by atoms with Crippen LogP contribution in [0.4, 0.5) is 0 Å². The minimum absolute atomic E-state index is 0.213. The van der Waals surface area contributed by atoms with E-state index in [0.717, 1.165) is 82.9 Å². The average Bonchev–Trinajstić information content (AvgIpc) is 3.56. The minimum atomic E-state index is 0.213. The van der Waals surface area contributed by atoms with Crippen LogP contribution in [-0.4, -0.2) is 72.1 Å². The maximum Gasteiger partial charge on any atom is 0.226 e. The van der Waals surface area contributed by atoms with Crippen LogP contribution < -0.4 is 4.74 Å². The highest BCUT2D eigenvalue weighted by molar-refractivity contribution is 5.83. The summed E-state index contributed by atoms with van der Waals surface area (Å²) < 4.78 is 5.30. The van der Waals surface area contributed by atoms with E-state index in [1.54, 1.807) is 19.2 Å². The number of carbonyl (C=O) groups excluding carboxylic acids is 1. The molecule has 3 fully saturated rings. The zero-order valence-electron chi connectivity index (χ0n) is 19.6. The van der Waals surface area contributed by atoms with Gasteiger partial charge in [0.05, 0.1) is 7.11 Å². The SMILES string of the molecule is COc1ccc(O)c(CN2CCC3(CC2)C[C@@H]3C(=O)N2CCN(Cc3ccccc3)CC2)c1. The molecule has 1 saturated carbocycles. The van der Waals surface area contributed by atoms with Gasteiger partial charge in [-0.2, -0.15) is 0 Å². The van der Waals surface area contributed by atoms with Crippen molar-refractivity contribution in [2.45, 2.75) is 32.4 Å². The number of piperazine rings is 1. The van der Waals surface area contributed by atoms with E-state index in [4.69, 9.17) is 4.74 Å². The maximum absolute atomic E-state index is 13.2. The Labute approximate surface area is 196 Å². The monoisotopic (exact) mass is 449 g/mol. The van der Waals surface area contributed by atoms with Crippen LogP contribution in [0.1, 0.15) is 30.4 Å². The predicted molar refractivity (Wildman–Crippen MR) is 128 cm³/mol. The molecule has 33 heavy (non-hydrogen) atoms. The number of rotatable bonds is 6. The zero-order chi connectivity index (χ0) is 22.8. The van der Waals surface area contributed by atoms with Crippen molar-refractivity contribution in [3.8, 4) is 11.5 Å². The lowest BCUT2D eigenvalue weighted by Crippen LogP contribution is -2.49. The molecule has 1 spiro atoms. The van der Waals surface area contributed by atoms with Crippen LogP contribution in [0.2, 0.25) is 0 Å². The highest BCUT2D eigenvalue weighted by Crippen LogP contribution is 2.60. The number of methoxy groups -OCH3 is 1. The molecular weight excluding hydrogens is 414 g/mol. The van der Waals surface area contributed by atoms with Gasteiger partial charge >= 0.3 is 0 Å². The summed E-state index contributed by atoms with van der Waals surface area (Å²) in [5, 5.41) is 10.2. The van der Waals surface area contributed by atoms with Crippen LogP contribution in [-0.2, 0) is 17.9 Å². The Morgan fingerprint density at radius 2 is 1.67 bits per heavy atom. The number of aromatic hydroxyl groups is 1. The molecule has 5 rings (SSSR count). The van der Waals surface area contributed by atoms with Crippen LogP contribution in [0, 0.1) is 11.3 Å². The third kappa shape index (κ3) is 4.87. The number of piperidine rings is 1. The first-order chi connectivity index (χ1) is 16.1. The minimum Gasteiger partial charge on any atom is -0.508 e. The van der Waals surface area contributed by atoms with Crippen LogP contribution in [0.15, 0.2) is 48.5 Å². The van der Waals surface area contributed by atoms with Crippen molar-refractivity contribution >= 4 is 5.91 Å². The average molecular weight is 450 g/mol. The number of ether oxygens (including phenoxy) is 1. The topological polar surface area (TPSA) is 56.3 Å². The first-order valence-electron chi connectivity index (χ1n) is 12.2. The second kappa shape index (κ2) is 9.35. The second-order valence-electron chi connectivity index (χ2n) is 9.98. The van der Waals surface area contributed by atoms with E-state index in [-0.39, 0.29) is 11.3 Å². The molecule has 2 heterocycles. The molecule has 2 aliphatic heterocycles. The van der Waals surface area contributed by atoms with E-state index in [1.165, 1.54) is 5.56 Å². The first kappa shape index (κ1) is 22.2. The number of amides is 1. The molecule has 1 N–H and O–H groups in total. The molecule has 0 unspecified atom stereocenters. The summed E-state index contributed by atoms with van der Waals surface area (Å²) in [5.74, 6) is 1.69. The van der Waals surface area contributed by atoms with Crippen molar-refractivity contribution in [3.63, 3.8) is 0 Å². The summed E-state index contributed by atoms with van der Waals surface area (Å²) in [6.07, 6.45) is 3.19. The van der Waals surface area contributed by atoms with Crippen molar-refractivity contribution in [2.75, 3.05) is 46.4 Å². The molecule has 0 bridgehead atoms. The molecule has 1 aliphatic carbocycles. The largest absolute Gasteiger partial charge is 0.508 e. The standard InChI is InChI=1S/C27H35N3O3/c1-33-23-7-8-25(31)22(17-23)20-28-11-9-27(10-12-28)18-24(27)26(32)30-15-13-29(14-16-30)19-21-5-3-2-4-6-21/h2-8,17,24,31H,9-16,18-20H2,1H3/t24-/m1/s1. The Hall–Kier alpha value is -2.57. The zero-order valence-corrected chi connectivity index (χ0v) is 19.6.